The number of amides is 1. The SMILES string of the molecule is COc1ccc(CSCC(=O)Nc2ccc(Br)cc2Br)cc1[N+](=O)[O-]. The number of nitrogens with zero attached hydrogens (tertiary/aromatic N) is 1. The predicted molar refractivity (Wildman–Crippen MR) is 106 cm³/mol. The number of nitro benzene ring substituents is 1. The van der Waals surface area contributed by atoms with Crippen molar-refractivity contribution in [2.24, 2.45) is 0 Å². The molecule has 0 aliphatic rings. The number of hydrogen-bond donors (Lipinski definition) is 1. The summed E-state index contributed by atoms with van der Waals surface area (Å²) in [7, 11) is 1.39. The molecule has 0 spiro atoms. The van der Waals surface area contributed by atoms with Gasteiger partial charge in [-0.3, -0.25) is 14.9 Å². The third-order valence-electron chi connectivity index (χ3n) is 3.15. The number of halogens is 2. The molecule has 25 heavy (non-hydrogen) atoms. The van der Waals surface area contributed by atoms with Gasteiger partial charge in [-0.15, -0.1) is 11.8 Å². The maximum absolute atomic E-state index is 12.0. The van der Waals surface area contributed by atoms with Crippen molar-refractivity contribution < 1.29 is 14.5 Å². The maximum Gasteiger partial charge on any atom is 0.311 e. The number of ether oxygens (including phenoxy) is 1. The highest BCUT2D eigenvalue weighted by molar-refractivity contribution is 9.11. The quantitative estimate of drug-likeness (QED) is 0.437. The summed E-state index contributed by atoms with van der Waals surface area (Å²) in [6.45, 7) is 0. The van der Waals surface area contributed by atoms with Gasteiger partial charge in [0, 0.05) is 20.8 Å². The largest absolute Gasteiger partial charge is 0.490 e. The van der Waals surface area contributed by atoms with Gasteiger partial charge in [-0.1, -0.05) is 22.0 Å². The zero-order chi connectivity index (χ0) is 18.4. The number of nitrogens with one attached hydrogen (secondary N) is 1. The molecule has 132 valence electrons. The molecule has 2 rings (SSSR count). The Morgan fingerprint density at radius 2 is 2.04 bits per heavy atom. The van der Waals surface area contributed by atoms with Crippen LogP contribution in [0.25, 0.3) is 0 Å². The minimum Gasteiger partial charge on any atom is -0.490 e. The highest BCUT2D eigenvalue weighted by atomic mass is 79.9. The van der Waals surface area contributed by atoms with Gasteiger partial charge in [0.15, 0.2) is 5.75 Å². The van der Waals surface area contributed by atoms with Crippen LogP contribution in [-0.4, -0.2) is 23.7 Å². The molecule has 9 heteroatoms. The Hall–Kier alpha value is -1.58. The summed E-state index contributed by atoms with van der Waals surface area (Å²) in [6.07, 6.45) is 0. The van der Waals surface area contributed by atoms with E-state index in [1.807, 2.05) is 12.1 Å². The Kier molecular flexibility index (Phi) is 7.27. The maximum atomic E-state index is 12.0. The Morgan fingerprint density at radius 3 is 2.68 bits per heavy atom. The van der Waals surface area contributed by atoms with Crippen molar-refractivity contribution in [3.63, 3.8) is 0 Å². The van der Waals surface area contributed by atoms with E-state index in [2.05, 4.69) is 37.2 Å². The molecule has 6 nitrogen and oxygen atoms in total. The van der Waals surface area contributed by atoms with Crippen LogP contribution in [0.5, 0.6) is 5.75 Å². The molecular weight excluding hydrogens is 476 g/mol. The third-order valence-corrected chi connectivity index (χ3v) is 5.30. The minimum atomic E-state index is -0.481. The molecule has 0 bridgehead atoms. The van der Waals surface area contributed by atoms with Crippen molar-refractivity contribution in [1.82, 2.24) is 0 Å². The second-order valence-corrected chi connectivity index (χ2v) is 7.68. The first-order chi connectivity index (χ1) is 11.9. The molecule has 0 fully saturated rings. The standard InChI is InChI=1S/C16H14Br2N2O4S/c1-24-15-5-2-10(6-14(15)20(22)23)8-25-9-16(21)19-13-4-3-11(17)7-12(13)18/h2-7H,8-9H2,1H3,(H,19,21). The molecule has 0 radical (unpaired) electrons. The number of hydrogen-bond acceptors (Lipinski definition) is 5. The van der Waals surface area contributed by atoms with Gasteiger partial charge in [-0.2, -0.15) is 0 Å². The number of thioether (sulfide) groups is 1. The lowest BCUT2D eigenvalue weighted by molar-refractivity contribution is -0.385. The van der Waals surface area contributed by atoms with Crippen LogP contribution >= 0.6 is 43.6 Å². The lowest BCUT2D eigenvalue weighted by Crippen LogP contribution is -2.14. The molecule has 2 aromatic carbocycles. The monoisotopic (exact) mass is 488 g/mol. The van der Waals surface area contributed by atoms with Crippen molar-refractivity contribution in [1.29, 1.82) is 0 Å². The molecule has 0 aliphatic heterocycles. The highest BCUT2D eigenvalue weighted by Crippen LogP contribution is 2.29. The van der Waals surface area contributed by atoms with Crippen molar-refractivity contribution in [2.45, 2.75) is 5.75 Å². The van der Waals surface area contributed by atoms with Gasteiger partial charge in [0.2, 0.25) is 5.91 Å². The molecule has 2 aromatic rings. The summed E-state index contributed by atoms with van der Waals surface area (Å²) in [5.74, 6) is 0.801. The Morgan fingerprint density at radius 1 is 1.28 bits per heavy atom. The van der Waals surface area contributed by atoms with Crippen molar-refractivity contribution >= 4 is 60.9 Å². The fourth-order valence-electron chi connectivity index (χ4n) is 2.01. The van der Waals surface area contributed by atoms with Crippen LogP contribution in [0.1, 0.15) is 5.56 Å². The molecule has 0 unspecified atom stereocenters. The minimum absolute atomic E-state index is 0.0798. The van der Waals surface area contributed by atoms with Gasteiger partial charge in [0.1, 0.15) is 0 Å². The summed E-state index contributed by atoms with van der Waals surface area (Å²) in [5.41, 5.74) is 1.37. The number of nitro groups is 1. The van der Waals surface area contributed by atoms with E-state index in [4.69, 9.17) is 4.74 Å². The van der Waals surface area contributed by atoms with Crippen LogP contribution in [0.4, 0.5) is 11.4 Å². The summed E-state index contributed by atoms with van der Waals surface area (Å²) in [5, 5.41) is 13.8. The Balaban J connectivity index is 1.91. The summed E-state index contributed by atoms with van der Waals surface area (Å²) < 4.78 is 6.66. The Bertz CT molecular complexity index is 802. The van der Waals surface area contributed by atoms with Gasteiger partial charge >= 0.3 is 5.69 Å². The smallest absolute Gasteiger partial charge is 0.311 e. The fourth-order valence-corrected chi connectivity index (χ4v) is 3.93. The number of anilines is 1. The van der Waals surface area contributed by atoms with Gasteiger partial charge in [0.05, 0.1) is 23.5 Å². The first kappa shape index (κ1) is 19.7. The molecule has 0 atom stereocenters. The van der Waals surface area contributed by atoms with Crippen LogP contribution in [0.3, 0.4) is 0 Å². The normalized spacial score (nSPS) is 10.4. The van der Waals surface area contributed by atoms with E-state index in [-0.39, 0.29) is 23.1 Å². The molecule has 1 N–H and O–H groups in total. The van der Waals surface area contributed by atoms with Gasteiger partial charge < -0.3 is 10.1 Å². The summed E-state index contributed by atoms with van der Waals surface area (Å²) in [6, 6.07) is 10.3. The zero-order valence-corrected chi connectivity index (χ0v) is 17.1. The molecule has 0 heterocycles. The van der Waals surface area contributed by atoms with E-state index in [1.54, 1.807) is 18.2 Å². The van der Waals surface area contributed by atoms with Gasteiger partial charge in [-0.25, -0.2) is 0 Å². The van der Waals surface area contributed by atoms with Crippen LogP contribution in [0.2, 0.25) is 0 Å². The number of methoxy groups -OCH3 is 1. The van der Waals surface area contributed by atoms with Gasteiger partial charge in [0.25, 0.3) is 0 Å². The first-order valence-electron chi connectivity index (χ1n) is 7.04. The second-order valence-electron chi connectivity index (χ2n) is 4.93. The molecule has 0 saturated heterocycles. The number of carbonyl (C=O) groups is 1. The van der Waals surface area contributed by atoms with Crippen molar-refractivity contribution in [3.05, 3.63) is 61.0 Å². The number of benzene rings is 2. The third kappa shape index (κ3) is 5.72. The molecule has 0 saturated carbocycles. The fraction of sp³-hybridized carbons (Fsp3) is 0.188. The van der Waals surface area contributed by atoms with E-state index in [9.17, 15) is 14.9 Å². The van der Waals surface area contributed by atoms with E-state index < -0.39 is 4.92 Å². The van der Waals surface area contributed by atoms with Crippen LogP contribution in [-0.2, 0) is 10.5 Å². The summed E-state index contributed by atoms with van der Waals surface area (Å²) in [4.78, 5) is 22.6. The number of carbonyl (C=O) groups excluding carboxylic acids is 1. The lowest BCUT2D eigenvalue weighted by atomic mass is 10.2. The van der Waals surface area contributed by atoms with Crippen molar-refractivity contribution in [3.8, 4) is 5.75 Å². The predicted octanol–water partition coefficient (Wildman–Crippen LogP) is 5.00. The molecule has 1 amide bonds. The number of rotatable bonds is 7. The summed E-state index contributed by atoms with van der Waals surface area (Å²) >= 11 is 8.12. The zero-order valence-electron chi connectivity index (χ0n) is 13.1. The second kappa shape index (κ2) is 9.21. The topological polar surface area (TPSA) is 81.5 Å². The van der Waals surface area contributed by atoms with E-state index in [0.717, 1.165) is 14.5 Å². The van der Waals surface area contributed by atoms with E-state index in [1.165, 1.54) is 24.9 Å². The molecule has 0 aromatic heterocycles. The first-order valence-corrected chi connectivity index (χ1v) is 9.78. The lowest BCUT2D eigenvalue weighted by Gasteiger charge is -2.08. The average Bonchev–Trinajstić information content (AvgIpc) is 2.57. The van der Waals surface area contributed by atoms with Crippen molar-refractivity contribution in [2.75, 3.05) is 18.2 Å². The van der Waals surface area contributed by atoms with E-state index in [0.29, 0.717) is 11.4 Å². The van der Waals surface area contributed by atoms with Gasteiger partial charge in [-0.05, 0) is 45.8 Å². The van der Waals surface area contributed by atoms with Crippen LogP contribution in [0.15, 0.2) is 45.3 Å². The van der Waals surface area contributed by atoms with Crippen LogP contribution < -0.4 is 10.1 Å². The molecule has 0 aliphatic carbocycles. The average molecular weight is 490 g/mol. The Labute approximate surface area is 165 Å². The molecular formula is C16H14Br2N2O4S. The van der Waals surface area contributed by atoms with Crippen LogP contribution in [0, 0.1) is 10.1 Å². The van der Waals surface area contributed by atoms with E-state index >= 15 is 0 Å². The highest BCUT2D eigenvalue weighted by Gasteiger charge is 2.15.